The van der Waals surface area contributed by atoms with Crippen molar-refractivity contribution in [1.29, 1.82) is 0 Å². The number of hydrogen-bond donors (Lipinski definition) is 0. The Kier molecular flexibility index (Phi) is 6.24. The fraction of sp³-hybridized carbons (Fsp3) is 0.560. The van der Waals surface area contributed by atoms with Gasteiger partial charge in [0.2, 0.25) is 5.95 Å². The van der Waals surface area contributed by atoms with Crippen LogP contribution < -0.4 is 19.3 Å². The monoisotopic (exact) mass is 451 g/mol. The quantitative estimate of drug-likeness (QED) is 0.691. The van der Waals surface area contributed by atoms with Gasteiger partial charge in [0.1, 0.15) is 5.82 Å². The maximum Gasteiger partial charge on any atom is 0.254 e. The van der Waals surface area contributed by atoms with Gasteiger partial charge < -0.3 is 24.2 Å². The highest BCUT2D eigenvalue weighted by Crippen LogP contribution is 2.33. The minimum atomic E-state index is -0.00480. The predicted molar refractivity (Wildman–Crippen MR) is 128 cm³/mol. The molecule has 2 saturated heterocycles. The first kappa shape index (κ1) is 21.8. The first-order chi connectivity index (χ1) is 16.2. The van der Waals surface area contributed by atoms with E-state index in [-0.39, 0.29) is 5.91 Å². The van der Waals surface area contributed by atoms with E-state index in [2.05, 4.69) is 9.80 Å². The summed E-state index contributed by atoms with van der Waals surface area (Å²) in [6.07, 6.45) is 6.80. The molecule has 2 aromatic rings. The number of aromatic nitrogens is 2. The standard InChI is InChI=1S/C25H33N5O3/c1-32-21-9-8-18(16-22(21)33-2)24(31)30-15-10-20-19(17-30)23(28-11-4-3-5-12-28)27-25(26-20)29-13-6-7-14-29/h8-9,16H,3-7,10-15,17H2,1-2H3. The summed E-state index contributed by atoms with van der Waals surface area (Å²) in [6, 6.07) is 5.35. The molecular weight excluding hydrogens is 418 g/mol. The van der Waals surface area contributed by atoms with Gasteiger partial charge in [-0.25, -0.2) is 4.98 Å². The molecule has 0 radical (unpaired) electrons. The van der Waals surface area contributed by atoms with Gasteiger partial charge in [0.25, 0.3) is 5.91 Å². The summed E-state index contributed by atoms with van der Waals surface area (Å²) < 4.78 is 10.7. The van der Waals surface area contributed by atoms with E-state index in [0.717, 1.165) is 55.6 Å². The topological polar surface area (TPSA) is 71.0 Å². The van der Waals surface area contributed by atoms with Gasteiger partial charge >= 0.3 is 0 Å². The number of rotatable bonds is 5. The summed E-state index contributed by atoms with van der Waals surface area (Å²) in [5, 5.41) is 0. The van der Waals surface area contributed by atoms with Crippen LogP contribution in [0.2, 0.25) is 0 Å². The summed E-state index contributed by atoms with van der Waals surface area (Å²) >= 11 is 0. The molecule has 0 spiro atoms. The third-order valence-corrected chi connectivity index (χ3v) is 6.99. The summed E-state index contributed by atoms with van der Waals surface area (Å²) in [5.74, 6) is 3.08. The molecule has 176 valence electrons. The average Bonchev–Trinajstić information content (AvgIpc) is 3.42. The molecule has 5 rings (SSSR count). The molecule has 2 fully saturated rings. The number of fused-ring (bicyclic) bond motifs is 1. The lowest BCUT2D eigenvalue weighted by molar-refractivity contribution is 0.0733. The van der Waals surface area contributed by atoms with Gasteiger partial charge in [-0.05, 0) is 50.3 Å². The first-order valence-electron chi connectivity index (χ1n) is 12.1. The number of amides is 1. The number of carbonyl (C=O) groups excluding carboxylic acids is 1. The average molecular weight is 452 g/mol. The van der Waals surface area contributed by atoms with Gasteiger partial charge in [-0.1, -0.05) is 0 Å². The molecule has 3 aliphatic rings. The van der Waals surface area contributed by atoms with E-state index < -0.39 is 0 Å². The van der Waals surface area contributed by atoms with E-state index in [1.807, 2.05) is 4.90 Å². The van der Waals surface area contributed by atoms with E-state index in [1.54, 1.807) is 32.4 Å². The molecule has 1 aromatic carbocycles. The molecule has 0 atom stereocenters. The van der Waals surface area contributed by atoms with Crippen molar-refractivity contribution >= 4 is 17.7 Å². The molecule has 0 aliphatic carbocycles. The number of hydrogen-bond acceptors (Lipinski definition) is 7. The number of nitrogens with zero attached hydrogens (tertiary/aromatic N) is 5. The highest BCUT2D eigenvalue weighted by molar-refractivity contribution is 5.95. The van der Waals surface area contributed by atoms with Crippen LogP contribution >= 0.6 is 0 Å². The Morgan fingerprint density at radius 3 is 2.27 bits per heavy atom. The van der Waals surface area contributed by atoms with Crippen molar-refractivity contribution in [2.75, 3.05) is 56.7 Å². The summed E-state index contributed by atoms with van der Waals surface area (Å²) in [7, 11) is 3.18. The van der Waals surface area contributed by atoms with Crippen molar-refractivity contribution in [3.8, 4) is 11.5 Å². The van der Waals surface area contributed by atoms with Gasteiger partial charge in [-0.3, -0.25) is 4.79 Å². The third-order valence-electron chi connectivity index (χ3n) is 6.99. The summed E-state index contributed by atoms with van der Waals surface area (Å²) in [5.41, 5.74) is 2.81. The van der Waals surface area contributed by atoms with Gasteiger partial charge in [0.05, 0.1) is 26.5 Å². The van der Waals surface area contributed by atoms with E-state index in [1.165, 1.54) is 32.1 Å². The Bertz CT molecular complexity index is 1020. The number of anilines is 2. The SMILES string of the molecule is COc1ccc(C(=O)N2CCc3nc(N4CCCC4)nc(N4CCCCC4)c3C2)cc1OC. The second-order valence-electron chi connectivity index (χ2n) is 9.06. The Morgan fingerprint density at radius 2 is 1.55 bits per heavy atom. The highest BCUT2D eigenvalue weighted by Gasteiger charge is 2.30. The molecule has 8 nitrogen and oxygen atoms in total. The minimum Gasteiger partial charge on any atom is -0.493 e. The first-order valence-corrected chi connectivity index (χ1v) is 12.1. The number of ether oxygens (including phenoxy) is 2. The Labute approximate surface area is 195 Å². The molecule has 1 aromatic heterocycles. The van der Waals surface area contributed by atoms with Gasteiger partial charge in [-0.2, -0.15) is 4.98 Å². The van der Waals surface area contributed by atoms with Crippen molar-refractivity contribution in [3.05, 3.63) is 35.0 Å². The van der Waals surface area contributed by atoms with Crippen LogP contribution in [-0.4, -0.2) is 67.7 Å². The van der Waals surface area contributed by atoms with Crippen molar-refractivity contribution in [1.82, 2.24) is 14.9 Å². The fourth-order valence-electron chi connectivity index (χ4n) is 5.13. The molecule has 0 bridgehead atoms. The van der Waals surface area contributed by atoms with Gasteiger partial charge in [0, 0.05) is 50.3 Å². The van der Waals surface area contributed by atoms with Gasteiger partial charge in [-0.15, -0.1) is 0 Å². The highest BCUT2D eigenvalue weighted by atomic mass is 16.5. The fourth-order valence-corrected chi connectivity index (χ4v) is 5.13. The second-order valence-corrected chi connectivity index (χ2v) is 9.06. The number of benzene rings is 1. The van der Waals surface area contributed by atoms with Gasteiger partial charge in [0.15, 0.2) is 11.5 Å². The summed E-state index contributed by atoms with van der Waals surface area (Å²) in [4.78, 5) is 30.1. The molecule has 8 heteroatoms. The lowest BCUT2D eigenvalue weighted by Crippen LogP contribution is -2.39. The molecule has 0 N–H and O–H groups in total. The molecule has 0 saturated carbocycles. The van der Waals surface area contributed by atoms with Crippen molar-refractivity contribution in [2.24, 2.45) is 0 Å². The van der Waals surface area contributed by atoms with Crippen LogP contribution in [-0.2, 0) is 13.0 Å². The van der Waals surface area contributed by atoms with E-state index >= 15 is 0 Å². The van der Waals surface area contributed by atoms with Crippen LogP contribution in [0.25, 0.3) is 0 Å². The van der Waals surface area contributed by atoms with Crippen molar-refractivity contribution in [3.63, 3.8) is 0 Å². The van der Waals surface area contributed by atoms with Crippen molar-refractivity contribution in [2.45, 2.75) is 45.1 Å². The van der Waals surface area contributed by atoms with Crippen LogP contribution in [0.5, 0.6) is 11.5 Å². The summed E-state index contributed by atoms with van der Waals surface area (Å²) in [6.45, 7) is 5.29. The molecule has 0 unspecified atom stereocenters. The van der Waals surface area contributed by atoms with Crippen molar-refractivity contribution < 1.29 is 14.3 Å². The normalized spacial score (nSPS) is 18.3. The minimum absolute atomic E-state index is 0.00480. The van der Waals surface area contributed by atoms with E-state index in [4.69, 9.17) is 19.4 Å². The van der Waals surface area contributed by atoms with E-state index in [9.17, 15) is 4.79 Å². The number of methoxy groups -OCH3 is 2. The zero-order valence-corrected chi connectivity index (χ0v) is 19.7. The molecule has 3 aliphatic heterocycles. The third kappa shape index (κ3) is 4.30. The Balaban J connectivity index is 1.45. The second kappa shape index (κ2) is 9.45. The number of piperidine rings is 1. The zero-order valence-electron chi connectivity index (χ0n) is 19.7. The van der Waals surface area contributed by atoms with Crippen LogP contribution in [0, 0.1) is 0 Å². The molecule has 4 heterocycles. The molecule has 33 heavy (non-hydrogen) atoms. The smallest absolute Gasteiger partial charge is 0.254 e. The largest absolute Gasteiger partial charge is 0.493 e. The Hall–Kier alpha value is -3.03. The van der Waals surface area contributed by atoms with E-state index in [0.29, 0.717) is 30.2 Å². The maximum absolute atomic E-state index is 13.4. The zero-order chi connectivity index (χ0) is 22.8. The lowest BCUT2D eigenvalue weighted by Gasteiger charge is -2.35. The predicted octanol–water partition coefficient (Wildman–Crippen LogP) is 3.28. The van der Waals surface area contributed by atoms with Crippen LogP contribution in [0.4, 0.5) is 11.8 Å². The lowest BCUT2D eigenvalue weighted by atomic mass is 10.0. The Morgan fingerprint density at radius 1 is 0.848 bits per heavy atom. The van der Waals surface area contributed by atoms with Crippen LogP contribution in [0.1, 0.15) is 53.7 Å². The number of carbonyl (C=O) groups is 1. The van der Waals surface area contributed by atoms with Crippen LogP contribution in [0.15, 0.2) is 18.2 Å². The molecular formula is C25H33N5O3. The maximum atomic E-state index is 13.4. The van der Waals surface area contributed by atoms with Crippen LogP contribution in [0.3, 0.4) is 0 Å². The molecule has 1 amide bonds.